The number of anilines is 1. The number of nitrogens with zero attached hydrogens (tertiary/aromatic N) is 3. The molecule has 0 spiro atoms. The lowest BCUT2D eigenvalue weighted by atomic mass is 10.0. The first-order valence-corrected chi connectivity index (χ1v) is 11.7. The Balaban J connectivity index is 1.39. The van der Waals surface area contributed by atoms with E-state index in [9.17, 15) is 4.79 Å². The fourth-order valence-electron chi connectivity index (χ4n) is 4.27. The largest absolute Gasteiger partial charge is 0.488 e. The first-order valence-electron chi connectivity index (χ1n) is 11.7. The molecule has 8 heteroatoms. The van der Waals surface area contributed by atoms with E-state index >= 15 is 0 Å². The van der Waals surface area contributed by atoms with Crippen molar-refractivity contribution in [3.63, 3.8) is 0 Å². The Hall–Kier alpha value is -3.91. The first kappa shape index (κ1) is 22.9. The standard InChI is InChI=1S/C27H28N4O4/c1-18-24(19(2)35-30-18)17-34-25-15-21-7-4-3-6-20(21)14-23(25)27(32)29-16-22-8-5-9-28-26(22)31-10-12-33-13-11-31/h3-9,14-15H,10-13,16-17H2,1-2H3,(H,29,32). The quantitative estimate of drug-likeness (QED) is 0.431. The van der Waals surface area contributed by atoms with Crippen LogP contribution in [-0.2, 0) is 17.9 Å². The van der Waals surface area contributed by atoms with Crippen molar-refractivity contribution >= 4 is 22.5 Å². The minimum atomic E-state index is -0.207. The van der Waals surface area contributed by atoms with Gasteiger partial charge in [0.1, 0.15) is 23.9 Å². The van der Waals surface area contributed by atoms with Gasteiger partial charge < -0.3 is 24.2 Å². The van der Waals surface area contributed by atoms with Crippen LogP contribution in [-0.4, -0.2) is 42.4 Å². The molecule has 1 amide bonds. The number of aryl methyl sites for hydroxylation is 2. The fraction of sp³-hybridized carbons (Fsp3) is 0.296. The summed E-state index contributed by atoms with van der Waals surface area (Å²) in [5, 5.41) is 9.03. The lowest BCUT2D eigenvalue weighted by molar-refractivity contribution is 0.0946. The van der Waals surface area contributed by atoms with E-state index in [1.807, 2.05) is 62.4 Å². The second-order valence-corrected chi connectivity index (χ2v) is 8.56. The molecule has 0 radical (unpaired) electrons. The molecule has 35 heavy (non-hydrogen) atoms. The number of carbonyl (C=O) groups is 1. The zero-order valence-corrected chi connectivity index (χ0v) is 19.9. The molecule has 8 nitrogen and oxygen atoms in total. The Morgan fingerprint density at radius 2 is 1.86 bits per heavy atom. The van der Waals surface area contributed by atoms with E-state index in [0.29, 0.717) is 36.8 Å². The Labute approximate surface area is 203 Å². The zero-order valence-electron chi connectivity index (χ0n) is 19.9. The van der Waals surface area contributed by atoms with E-state index < -0.39 is 0 Å². The van der Waals surface area contributed by atoms with Crippen LogP contribution < -0.4 is 15.0 Å². The number of amides is 1. The van der Waals surface area contributed by atoms with Crippen LogP contribution in [0.1, 0.15) is 32.9 Å². The number of morpholine rings is 1. The van der Waals surface area contributed by atoms with Crippen LogP contribution in [0.2, 0.25) is 0 Å². The molecule has 3 heterocycles. The monoisotopic (exact) mass is 472 g/mol. The van der Waals surface area contributed by atoms with Gasteiger partial charge in [0.15, 0.2) is 0 Å². The molecule has 4 aromatic rings. The number of hydrogen-bond donors (Lipinski definition) is 1. The van der Waals surface area contributed by atoms with Crippen molar-refractivity contribution in [1.82, 2.24) is 15.5 Å². The molecular weight excluding hydrogens is 444 g/mol. The van der Waals surface area contributed by atoms with Crippen LogP contribution in [0.4, 0.5) is 5.82 Å². The molecule has 0 aliphatic carbocycles. The molecule has 1 fully saturated rings. The highest BCUT2D eigenvalue weighted by atomic mass is 16.5. The summed E-state index contributed by atoms with van der Waals surface area (Å²) in [6.07, 6.45) is 1.78. The number of aromatic nitrogens is 2. The van der Waals surface area contributed by atoms with Crippen molar-refractivity contribution in [2.75, 3.05) is 31.2 Å². The molecule has 0 unspecified atom stereocenters. The zero-order chi connectivity index (χ0) is 24.2. The number of hydrogen-bond acceptors (Lipinski definition) is 7. The Morgan fingerprint density at radius 3 is 2.60 bits per heavy atom. The van der Waals surface area contributed by atoms with E-state index in [1.165, 1.54) is 0 Å². The maximum atomic E-state index is 13.4. The number of nitrogens with one attached hydrogen (secondary N) is 1. The van der Waals surface area contributed by atoms with Gasteiger partial charge in [-0.3, -0.25) is 4.79 Å². The molecule has 1 N–H and O–H groups in total. The average Bonchev–Trinajstić information content (AvgIpc) is 3.22. The smallest absolute Gasteiger partial charge is 0.255 e. The van der Waals surface area contributed by atoms with Crippen LogP contribution in [0.3, 0.4) is 0 Å². The SMILES string of the molecule is Cc1noc(C)c1COc1cc2ccccc2cc1C(=O)NCc1cccnc1N1CCOCC1. The van der Waals surface area contributed by atoms with E-state index in [1.54, 1.807) is 6.20 Å². The normalized spacial score (nSPS) is 13.7. The molecule has 1 aliphatic heterocycles. The Morgan fingerprint density at radius 1 is 1.09 bits per heavy atom. The molecule has 1 saturated heterocycles. The van der Waals surface area contributed by atoms with Gasteiger partial charge in [0.05, 0.1) is 30.0 Å². The predicted molar refractivity (Wildman–Crippen MR) is 133 cm³/mol. The second kappa shape index (κ2) is 10.1. The molecule has 5 rings (SSSR count). The summed E-state index contributed by atoms with van der Waals surface area (Å²) in [5.74, 6) is 1.90. The summed E-state index contributed by atoms with van der Waals surface area (Å²) in [5.41, 5.74) is 3.10. The van der Waals surface area contributed by atoms with Gasteiger partial charge in [-0.1, -0.05) is 35.5 Å². The number of pyridine rings is 1. The van der Waals surface area contributed by atoms with Crippen molar-refractivity contribution in [2.24, 2.45) is 0 Å². The summed E-state index contributed by atoms with van der Waals surface area (Å²) < 4.78 is 16.9. The number of fused-ring (bicyclic) bond motifs is 1. The van der Waals surface area contributed by atoms with Crippen molar-refractivity contribution in [3.05, 3.63) is 82.9 Å². The Kier molecular flexibility index (Phi) is 6.63. The maximum absolute atomic E-state index is 13.4. The number of benzene rings is 2. The lowest BCUT2D eigenvalue weighted by Crippen LogP contribution is -2.37. The van der Waals surface area contributed by atoms with Crippen LogP contribution in [0.25, 0.3) is 10.8 Å². The number of ether oxygens (including phenoxy) is 2. The van der Waals surface area contributed by atoms with E-state index in [-0.39, 0.29) is 12.5 Å². The summed E-state index contributed by atoms with van der Waals surface area (Å²) in [6, 6.07) is 15.6. The summed E-state index contributed by atoms with van der Waals surface area (Å²) in [4.78, 5) is 20.1. The second-order valence-electron chi connectivity index (χ2n) is 8.56. The highest BCUT2D eigenvalue weighted by molar-refractivity contribution is 6.01. The predicted octanol–water partition coefficient (Wildman–Crippen LogP) is 4.19. The number of carbonyl (C=O) groups excluding carboxylic acids is 1. The number of rotatable bonds is 7. The third-order valence-electron chi connectivity index (χ3n) is 6.26. The van der Waals surface area contributed by atoms with E-state index in [0.717, 1.165) is 46.5 Å². The van der Waals surface area contributed by atoms with E-state index in [4.69, 9.17) is 14.0 Å². The fourth-order valence-corrected chi connectivity index (χ4v) is 4.27. The summed E-state index contributed by atoms with van der Waals surface area (Å²) >= 11 is 0. The molecule has 2 aromatic carbocycles. The molecule has 0 atom stereocenters. The van der Waals surface area contributed by atoms with E-state index in [2.05, 4.69) is 20.4 Å². The highest BCUT2D eigenvalue weighted by Gasteiger charge is 2.19. The van der Waals surface area contributed by atoms with Crippen molar-refractivity contribution < 1.29 is 18.8 Å². The lowest BCUT2D eigenvalue weighted by Gasteiger charge is -2.29. The highest BCUT2D eigenvalue weighted by Crippen LogP contribution is 2.28. The minimum Gasteiger partial charge on any atom is -0.488 e. The molecular formula is C27H28N4O4. The summed E-state index contributed by atoms with van der Waals surface area (Å²) in [6.45, 7) is 7.26. The molecule has 2 aromatic heterocycles. The van der Waals surface area contributed by atoms with Crippen LogP contribution in [0.5, 0.6) is 5.75 Å². The molecule has 1 aliphatic rings. The third kappa shape index (κ3) is 4.97. The Bertz CT molecular complexity index is 1320. The molecule has 0 saturated carbocycles. The van der Waals surface area contributed by atoms with Crippen molar-refractivity contribution in [3.8, 4) is 5.75 Å². The average molecular weight is 473 g/mol. The van der Waals surface area contributed by atoms with Crippen LogP contribution in [0, 0.1) is 13.8 Å². The van der Waals surface area contributed by atoms with Crippen molar-refractivity contribution in [2.45, 2.75) is 27.0 Å². The molecule has 0 bridgehead atoms. The van der Waals surface area contributed by atoms with Gasteiger partial charge in [-0.05, 0) is 42.8 Å². The third-order valence-corrected chi connectivity index (χ3v) is 6.26. The first-order chi connectivity index (χ1) is 17.1. The molecule has 180 valence electrons. The topological polar surface area (TPSA) is 89.7 Å². The van der Waals surface area contributed by atoms with Gasteiger partial charge in [0.25, 0.3) is 5.91 Å². The van der Waals surface area contributed by atoms with Gasteiger partial charge in [0, 0.05) is 31.4 Å². The van der Waals surface area contributed by atoms with Gasteiger partial charge in [-0.15, -0.1) is 0 Å². The van der Waals surface area contributed by atoms with Gasteiger partial charge in [0.2, 0.25) is 0 Å². The van der Waals surface area contributed by atoms with Crippen LogP contribution >= 0.6 is 0 Å². The maximum Gasteiger partial charge on any atom is 0.255 e. The minimum absolute atomic E-state index is 0.207. The van der Waals surface area contributed by atoms with Crippen molar-refractivity contribution in [1.29, 1.82) is 0 Å². The summed E-state index contributed by atoms with van der Waals surface area (Å²) in [7, 11) is 0. The van der Waals surface area contributed by atoms with Gasteiger partial charge in [-0.2, -0.15) is 0 Å². The van der Waals surface area contributed by atoms with Gasteiger partial charge >= 0.3 is 0 Å². The van der Waals surface area contributed by atoms with Crippen LogP contribution in [0.15, 0.2) is 59.3 Å². The van der Waals surface area contributed by atoms with Gasteiger partial charge in [-0.25, -0.2) is 4.98 Å².